The molecule has 3 aromatic rings. The van der Waals surface area contributed by atoms with E-state index in [1.54, 1.807) is 18.0 Å². The Balaban J connectivity index is 1.65. The average Bonchev–Trinajstić information content (AvgIpc) is 2.98. The van der Waals surface area contributed by atoms with Crippen LogP contribution in [0.1, 0.15) is 12.6 Å². The fraction of sp³-hybridized carbons (Fsp3) is 0.235. The van der Waals surface area contributed by atoms with E-state index >= 15 is 0 Å². The van der Waals surface area contributed by atoms with E-state index in [0.717, 1.165) is 29.2 Å². The number of nitrogens with two attached hydrogens (primary N) is 1. The van der Waals surface area contributed by atoms with Gasteiger partial charge in [0.1, 0.15) is 5.75 Å². The fourth-order valence-corrected chi connectivity index (χ4v) is 3.05. The van der Waals surface area contributed by atoms with Gasteiger partial charge < -0.3 is 10.6 Å². The largest absolute Gasteiger partial charge is 0.494 e. The van der Waals surface area contributed by atoms with Crippen molar-refractivity contribution in [1.82, 2.24) is 19.9 Å². The van der Waals surface area contributed by atoms with E-state index in [-0.39, 0.29) is 0 Å². The summed E-state index contributed by atoms with van der Waals surface area (Å²) in [6, 6.07) is 13.6. The van der Waals surface area contributed by atoms with E-state index in [1.807, 2.05) is 49.4 Å². The Kier molecular flexibility index (Phi) is 5.32. The molecule has 124 valence electrons. The number of hydrogen-bond acceptors (Lipinski definition) is 6. The van der Waals surface area contributed by atoms with Crippen LogP contribution in [0.4, 0.5) is 0 Å². The highest BCUT2D eigenvalue weighted by molar-refractivity contribution is 7.99. The van der Waals surface area contributed by atoms with Crippen LogP contribution in [0.5, 0.6) is 5.75 Å². The maximum absolute atomic E-state index is 6.14. The van der Waals surface area contributed by atoms with Crippen LogP contribution in [0.25, 0.3) is 11.4 Å². The van der Waals surface area contributed by atoms with Gasteiger partial charge in [0.15, 0.2) is 5.82 Å². The summed E-state index contributed by atoms with van der Waals surface area (Å²) in [5.74, 6) is 8.44. The number of rotatable bonds is 7. The molecule has 6 nitrogen and oxygen atoms in total. The molecule has 0 bridgehead atoms. The molecule has 0 radical (unpaired) electrons. The molecule has 0 saturated carbocycles. The van der Waals surface area contributed by atoms with Crippen molar-refractivity contribution < 1.29 is 4.74 Å². The van der Waals surface area contributed by atoms with Crippen molar-refractivity contribution in [3.63, 3.8) is 0 Å². The Morgan fingerprint density at radius 1 is 1.12 bits per heavy atom. The zero-order chi connectivity index (χ0) is 16.8. The van der Waals surface area contributed by atoms with Gasteiger partial charge in [-0.25, -0.2) is 4.68 Å². The standard InChI is InChI=1S/C17H19N5OS/c1-2-23-15-8-6-13(7-9-15)16-20-21-17(22(16)18)24-12-10-14-5-3-4-11-19-14/h3-9,11H,2,10,12,18H2,1H3. The van der Waals surface area contributed by atoms with Crippen LogP contribution in [0, 0.1) is 0 Å². The third-order valence-electron chi connectivity index (χ3n) is 3.40. The Hall–Kier alpha value is -2.54. The molecular weight excluding hydrogens is 322 g/mol. The summed E-state index contributed by atoms with van der Waals surface area (Å²) < 4.78 is 6.97. The number of aromatic nitrogens is 4. The van der Waals surface area contributed by atoms with Gasteiger partial charge in [0.2, 0.25) is 5.16 Å². The topological polar surface area (TPSA) is 78.9 Å². The molecule has 0 spiro atoms. The van der Waals surface area contributed by atoms with Crippen molar-refractivity contribution in [3.05, 3.63) is 54.4 Å². The van der Waals surface area contributed by atoms with Crippen molar-refractivity contribution in [3.8, 4) is 17.1 Å². The number of nitrogens with zero attached hydrogens (tertiary/aromatic N) is 4. The van der Waals surface area contributed by atoms with E-state index in [4.69, 9.17) is 10.6 Å². The maximum atomic E-state index is 6.14. The fourth-order valence-electron chi connectivity index (χ4n) is 2.23. The van der Waals surface area contributed by atoms with Gasteiger partial charge in [0.05, 0.1) is 6.61 Å². The smallest absolute Gasteiger partial charge is 0.210 e. The van der Waals surface area contributed by atoms with E-state index in [0.29, 0.717) is 17.6 Å². The normalized spacial score (nSPS) is 10.7. The minimum Gasteiger partial charge on any atom is -0.494 e. The molecular formula is C17H19N5OS. The van der Waals surface area contributed by atoms with Crippen molar-refractivity contribution in [2.45, 2.75) is 18.5 Å². The molecule has 24 heavy (non-hydrogen) atoms. The van der Waals surface area contributed by atoms with E-state index in [1.165, 1.54) is 4.68 Å². The van der Waals surface area contributed by atoms with Crippen LogP contribution in [0.15, 0.2) is 53.8 Å². The highest BCUT2D eigenvalue weighted by Gasteiger charge is 2.12. The van der Waals surface area contributed by atoms with Gasteiger partial charge in [-0.3, -0.25) is 4.98 Å². The molecule has 3 rings (SSSR count). The zero-order valence-electron chi connectivity index (χ0n) is 13.4. The van der Waals surface area contributed by atoms with E-state index in [9.17, 15) is 0 Å². The molecule has 0 aliphatic heterocycles. The highest BCUT2D eigenvalue weighted by Crippen LogP contribution is 2.24. The average molecular weight is 341 g/mol. The number of thioether (sulfide) groups is 1. The quantitative estimate of drug-likeness (QED) is 0.526. The SMILES string of the molecule is CCOc1ccc(-c2nnc(SCCc3ccccn3)n2N)cc1. The lowest BCUT2D eigenvalue weighted by molar-refractivity contribution is 0.340. The molecule has 0 amide bonds. The van der Waals surface area contributed by atoms with Crippen LogP contribution in [-0.4, -0.2) is 32.2 Å². The number of benzene rings is 1. The summed E-state index contributed by atoms with van der Waals surface area (Å²) >= 11 is 1.57. The zero-order valence-corrected chi connectivity index (χ0v) is 14.2. The Labute approximate surface area is 145 Å². The third kappa shape index (κ3) is 3.86. The molecule has 2 N–H and O–H groups in total. The Morgan fingerprint density at radius 2 is 1.96 bits per heavy atom. The second-order valence-corrected chi connectivity index (χ2v) is 6.12. The molecule has 2 aromatic heterocycles. The predicted molar refractivity (Wildman–Crippen MR) is 95.4 cm³/mol. The van der Waals surface area contributed by atoms with Gasteiger partial charge in [-0.15, -0.1) is 10.2 Å². The second-order valence-electron chi connectivity index (χ2n) is 5.05. The molecule has 0 aliphatic rings. The maximum Gasteiger partial charge on any atom is 0.210 e. The third-order valence-corrected chi connectivity index (χ3v) is 4.35. The lowest BCUT2D eigenvalue weighted by Crippen LogP contribution is -2.11. The van der Waals surface area contributed by atoms with Crippen LogP contribution in [-0.2, 0) is 6.42 Å². The summed E-state index contributed by atoms with van der Waals surface area (Å²) in [7, 11) is 0. The first-order valence-corrected chi connectivity index (χ1v) is 8.73. The minimum absolute atomic E-state index is 0.637. The van der Waals surface area contributed by atoms with Crippen molar-refractivity contribution in [1.29, 1.82) is 0 Å². The molecule has 0 unspecified atom stereocenters. The summed E-state index contributed by atoms with van der Waals surface area (Å²) in [6.45, 7) is 2.60. The molecule has 2 heterocycles. The van der Waals surface area contributed by atoms with Gasteiger partial charge >= 0.3 is 0 Å². The number of ether oxygens (including phenoxy) is 1. The monoisotopic (exact) mass is 341 g/mol. The minimum atomic E-state index is 0.637. The van der Waals surface area contributed by atoms with Crippen LogP contribution in [0.2, 0.25) is 0 Å². The van der Waals surface area contributed by atoms with E-state index in [2.05, 4.69) is 15.2 Å². The second kappa shape index (κ2) is 7.83. The number of aryl methyl sites for hydroxylation is 1. The first kappa shape index (κ1) is 16.3. The van der Waals surface area contributed by atoms with Crippen molar-refractivity contribution >= 4 is 11.8 Å². The summed E-state index contributed by atoms with van der Waals surface area (Å²) in [6.07, 6.45) is 2.66. The van der Waals surface area contributed by atoms with Gasteiger partial charge in [0, 0.05) is 23.2 Å². The number of hydrogen-bond donors (Lipinski definition) is 1. The van der Waals surface area contributed by atoms with Crippen LogP contribution < -0.4 is 10.6 Å². The Morgan fingerprint density at radius 3 is 2.67 bits per heavy atom. The van der Waals surface area contributed by atoms with Crippen molar-refractivity contribution in [2.24, 2.45) is 0 Å². The molecule has 0 atom stereocenters. The highest BCUT2D eigenvalue weighted by atomic mass is 32.2. The van der Waals surface area contributed by atoms with Crippen LogP contribution >= 0.6 is 11.8 Å². The molecule has 0 aliphatic carbocycles. The molecule has 7 heteroatoms. The molecule has 0 saturated heterocycles. The summed E-state index contributed by atoms with van der Waals surface area (Å²) in [4.78, 5) is 4.31. The van der Waals surface area contributed by atoms with E-state index < -0.39 is 0 Å². The number of pyridine rings is 1. The molecule has 0 fully saturated rings. The first-order valence-electron chi connectivity index (χ1n) is 7.74. The van der Waals surface area contributed by atoms with Crippen LogP contribution in [0.3, 0.4) is 0 Å². The lowest BCUT2D eigenvalue weighted by atomic mass is 10.2. The van der Waals surface area contributed by atoms with Crippen molar-refractivity contribution in [2.75, 3.05) is 18.2 Å². The van der Waals surface area contributed by atoms with Gasteiger partial charge in [-0.05, 0) is 49.7 Å². The summed E-state index contributed by atoms with van der Waals surface area (Å²) in [5, 5.41) is 9.07. The lowest BCUT2D eigenvalue weighted by Gasteiger charge is -2.05. The Bertz CT molecular complexity index is 773. The van der Waals surface area contributed by atoms with Gasteiger partial charge in [-0.2, -0.15) is 0 Å². The molecule has 1 aromatic carbocycles. The predicted octanol–water partition coefficient (Wildman–Crippen LogP) is 2.79. The number of nitrogen functional groups attached to an aromatic ring is 1. The van der Waals surface area contributed by atoms with Gasteiger partial charge in [0.25, 0.3) is 0 Å². The van der Waals surface area contributed by atoms with Gasteiger partial charge in [-0.1, -0.05) is 17.8 Å². The first-order chi connectivity index (χ1) is 11.8. The summed E-state index contributed by atoms with van der Waals surface area (Å²) in [5.41, 5.74) is 1.96.